The highest BCUT2D eigenvalue weighted by molar-refractivity contribution is 6.23. The number of ether oxygens (including phenoxy) is 1. The van der Waals surface area contributed by atoms with Gasteiger partial charge in [0.1, 0.15) is 5.92 Å². The first-order chi connectivity index (χ1) is 16.4. The molecule has 1 saturated heterocycles. The van der Waals surface area contributed by atoms with Crippen molar-refractivity contribution in [2.45, 2.75) is 11.5 Å². The highest BCUT2D eigenvalue weighted by Crippen LogP contribution is 2.64. The summed E-state index contributed by atoms with van der Waals surface area (Å²) in [7, 11) is 1.24. The Hall–Kier alpha value is -4.33. The van der Waals surface area contributed by atoms with E-state index < -0.39 is 46.0 Å². The molecule has 8 nitrogen and oxygen atoms in total. The number of rotatable bonds is 3. The minimum Gasteiger partial charge on any atom is -0.465 e. The summed E-state index contributed by atoms with van der Waals surface area (Å²) in [6.07, 6.45) is 0. The number of hydrogen-bond donors (Lipinski definition) is 0. The average molecular weight is 454 g/mol. The van der Waals surface area contributed by atoms with Gasteiger partial charge in [-0.2, -0.15) is 0 Å². The Balaban J connectivity index is 1.61. The van der Waals surface area contributed by atoms with E-state index >= 15 is 0 Å². The van der Waals surface area contributed by atoms with Crippen LogP contribution in [0, 0.1) is 22.0 Å². The predicted octanol–water partition coefficient (Wildman–Crippen LogP) is 3.26. The SMILES string of the molecule is COC(=O)c1cccc(N2C(=O)[C@@H]3[C@@H](C2=O)C2c4ccccc4C3([N+](=O)[O-])c3ccccc32)c1. The fraction of sp³-hybridized carbons (Fsp3) is 0.192. The number of esters is 1. The number of methoxy groups -OCH3 is 1. The largest absolute Gasteiger partial charge is 0.465 e. The molecule has 8 heteroatoms. The van der Waals surface area contributed by atoms with Crippen LogP contribution in [-0.2, 0) is 19.9 Å². The maximum absolute atomic E-state index is 13.9. The van der Waals surface area contributed by atoms with E-state index in [1.165, 1.54) is 19.2 Å². The van der Waals surface area contributed by atoms with Crippen LogP contribution in [0.25, 0.3) is 0 Å². The molecule has 1 aliphatic heterocycles. The van der Waals surface area contributed by atoms with Crippen LogP contribution >= 0.6 is 0 Å². The normalized spacial score (nSPS) is 26.0. The molecule has 3 aromatic carbocycles. The summed E-state index contributed by atoms with van der Waals surface area (Å²) < 4.78 is 4.76. The van der Waals surface area contributed by atoms with Crippen molar-refractivity contribution in [3.05, 3.63) is 111 Å². The fourth-order valence-electron chi connectivity index (χ4n) is 6.19. The minimum absolute atomic E-state index is 0.175. The van der Waals surface area contributed by atoms with Crippen LogP contribution in [0.5, 0.6) is 0 Å². The number of anilines is 1. The molecule has 3 aliphatic carbocycles. The van der Waals surface area contributed by atoms with E-state index in [0.29, 0.717) is 22.3 Å². The van der Waals surface area contributed by atoms with Crippen molar-refractivity contribution in [3.8, 4) is 0 Å². The van der Waals surface area contributed by atoms with Crippen molar-refractivity contribution in [1.29, 1.82) is 0 Å². The van der Waals surface area contributed by atoms with Crippen molar-refractivity contribution in [2.75, 3.05) is 12.0 Å². The van der Waals surface area contributed by atoms with Crippen molar-refractivity contribution >= 4 is 23.5 Å². The third-order valence-electron chi connectivity index (χ3n) is 7.39. The van der Waals surface area contributed by atoms with Gasteiger partial charge in [0.25, 0.3) is 5.54 Å². The summed E-state index contributed by atoms with van der Waals surface area (Å²) in [5.74, 6) is -4.36. The molecule has 1 fully saturated rings. The number of amides is 2. The van der Waals surface area contributed by atoms with E-state index in [1.807, 2.05) is 12.1 Å². The molecule has 1 heterocycles. The van der Waals surface area contributed by atoms with Gasteiger partial charge in [0.05, 0.1) is 24.3 Å². The summed E-state index contributed by atoms with van der Waals surface area (Å²) >= 11 is 0. The first kappa shape index (κ1) is 20.3. The van der Waals surface area contributed by atoms with Crippen molar-refractivity contribution in [2.24, 2.45) is 11.8 Å². The first-order valence-electron chi connectivity index (χ1n) is 10.8. The Bertz CT molecular complexity index is 1380. The minimum atomic E-state index is -1.88. The van der Waals surface area contributed by atoms with E-state index in [4.69, 9.17) is 4.74 Å². The number of imide groups is 1. The van der Waals surface area contributed by atoms with Gasteiger partial charge in [-0.1, -0.05) is 54.6 Å². The van der Waals surface area contributed by atoms with E-state index in [1.54, 1.807) is 48.5 Å². The van der Waals surface area contributed by atoms with Crippen molar-refractivity contribution < 1.29 is 24.0 Å². The second-order valence-electron chi connectivity index (χ2n) is 8.73. The van der Waals surface area contributed by atoms with Crippen LogP contribution in [-0.4, -0.2) is 29.8 Å². The number of nitro groups is 1. The molecule has 0 N–H and O–H groups in total. The van der Waals surface area contributed by atoms with Gasteiger partial charge in [-0.25, -0.2) is 9.69 Å². The number of carbonyl (C=O) groups excluding carboxylic acids is 3. The van der Waals surface area contributed by atoms with Crippen LogP contribution in [0.15, 0.2) is 72.8 Å². The molecule has 0 radical (unpaired) electrons. The molecule has 2 amide bonds. The van der Waals surface area contributed by atoms with Gasteiger partial charge < -0.3 is 4.74 Å². The summed E-state index contributed by atoms with van der Waals surface area (Å²) in [4.78, 5) is 53.3. The summed E-state index contributed by atoms with van der Waals surface area (Å²) in [6.45, 7) is 0. The van der Waals surface area contributed by atoms with Gasteiger partial charge >= 0.3 is 5.97 Å². The molecule has 0 unspecified atom stereocenters. The molecule has 7 rings (SSSR count). The molecule has 168 valence electrons. The molecule has 3 aromatic rings. The summed E-state index contributed by atoms with van der Waals surface area (Å²) in [5, 5.41) is 12.9. The lowest BCUT2D eigenvalue weighted by molar-refractivity contribution is -0.578. The van der Waals surface area contributed by atoms with E-state index in [-0.39, 0.29) is 11.3 Å². The zero-order valence-electron chi connectivity index (χ0n) is 18.0. The van der Waals surface area contributed by atoms with Crippen LogP contribution in [0.3, 0.4) is 0 Å². The lowest BCUT2D eigenvalue weighted by atomic mass is 9.51. The molecule has 2 bridgehead atoms. The number of carbonyl (C=O) groups is 3. The topological polar surface area (TPSA) is 107 Å². The van der Waals surface area contributed by atoms with Gasteiger partial charge in [-0.15, -0.1) is 0 Å². The lowest BCUT2D eigenvalue weighted by Crippen LogP contribution is -2.57. The highest BCUT2D eigenvalue weighted by atomic mass is 16.6. The fourth-order valence-corrected chi connectivity index (χ4v) is 6.19. The third kappa shape index (κ3) is 2.24. The number of hydrogen-bond acceptors (Lipinski definition) is 6. The van der Waals surface area contributed by atoms with Gasteiger partial charge in [0, 0.05) is 22.0 Å². The molecular formula is C26H18N2O6. The predicted molar refractivity (Wildman–Crippen MR) is 120 cm³/mol. The Morgan fingerprint density at radius 3 is 2.15 bits per heavy atom. The molecule has 0 saturated carbocycles. The van der Waals surface area contributed by atoms with Crippen LogP contribution in [0.2, 0.25) is 0 Å². The summed E-state index contributed by atoms with van der Waals surface area (Å²) in [5.41, 5.74) is 0.796. The maximum Gasteiger partial charge on any atom is 0.337 e. The van der Waals surface area contributed by atoms with E-state index in [0.717, 1.165) is 4.90 Å². The summed E-state index contributed by atoms with van der Waals surface area (Å²) in [6, 6.07) is 20.0. The Labute approximate surface area is 193 Å². The monoisotopic (exact) mass is 454 g/mol. The van der Waals surface area contributed by atoms with Gasteiger partial charge in [0.15, 0.2) is 0 Å². The number of nitrogens with zero attached hydrogens (tertiary/aromatic N) is 2. The Kier molecular flexibility index (Phi) is 4.08. The van der Waals surface area contributed by atoms with Crippen molar-refractivity contribution in [1.82, 2.24) is 0 Å². The van der Waals surface area contributed by atoms with E-state index in [2.05, 4.69) is 0 Å². The standard InChI is InChI=1S/C26H18N2O6/c1-34-25(31)14-7-6-8-15(13-14)27-23(29)21-20-16-9-2-4-11-18(16)26(28(32)33,22(21)24(27)30)19-12-5-3-10-17(19)20/h2-13,20-22H,1H3/t20?,21-,22-,26?/m0/s1. The average Bonchev–Trinajstić information content (AvgIpc) is 3.14. The lowest BCUT2D eigenvalue weighted by Gasteiger charge is -2.48. The zero-order chi connectivity index (χ0) is 23.8. The van der Waals surface area contributed by atoms with Crippen LogP contribution < -0.4 is 4.90 Å². The quantitative estimate of drug-likeness (QED) is 0.260. The van der Waals surface area contributed by atoms with E-state index in [9.17, 15) is 24.5 Å². The smallest absolute Gasteiger partial charge is 0.337 e. The van der Waals surface area contributed by atoms with Gasteiger partial charge in [-0.3, -0.25) is 19.7 Å². The van der Waals surface area contributed by atoms with Gasteiger partial charge in [-0.05, 0) is 29.3 Å². The molecule has 0 aromatic heterocycles. The first-order valence-corrected chi connectivity index (χ1v) is 10.8. The molecule has 0 spiro atoms. The Morgan fingerprint density at radius 1 is 0.941 bits per heavy atom. The third-order valence-corrected chi connectivity index (χ3v) is 7.39. The molecule has 34 heavy (non-hydrogen) atoms. The zero-order valence-corrected chi connectivity index (χ0v) is 18.0. The molecule has 2 atom stereocenters. The highest BCUT2D eigenvalue weighted by Gasteiger charge is 2.74. The Morgan fingerprint density at radius 2 is 1.56 bits per heavy atom. The van der Waals surface area contributed by atoms with Crippen molar-refractivity contribution in [3.63, 3.8) is 0 Å². The van der Waals surface area contributed by atoms with Crippen LogP contribution in [0.1, 0.15) is 38.5 Å². The number of benzene rings is 3. The van der Waals surface area contributed by atoms with Crippen LogP contribution in [0.4, 0.5) is 5.69 Å². The molecule has 4 aliphatic rings. The maximum atomic E-state index is 13.9. The second kappa shape index (κ2) is 6.84. The molecular weight excluding hydrogens is 436 g/mol. The van der Waals surface area contributed by atoms with Gasteiger partial charge in [0.2, 0.25) is 11.8 Å². The second-order valence-corrected chi connectivity index (χ2v) is 8.73.